The maximum absolute atomic E-state index is 12.0. The van der Waals surface area contributed by atoms with Crippen molar-refractivity contribution in [3.8, 4) is 0 Å². The highest BCUT2D eigenvalue weighted by Crippen LogP contribution is 2.25. The number of hydrogen-bond donors (Lipinski definition) is 1. The summed E-state index contributed by atoms with van der Waals surface area (Å²) in [5, 5.41) is 2.86. The van der Waals surface area contributed by atoms with Gasteiger partial charge in [0.2, 0.25) is 0 Å². The molecule has 0 heterocycles. The van der Waals surface area contributed by atoms with Crippen molar-refractivity contribution in [1.29, 1.82) is 0 Å². The van der Waals surface area contributed by atoms with Gasteiger partial charge < -0.3 is 10.1 Å². The van der Waals surface area contributed by atoms with E-state index in [-0.39, 0.29) is 5.91 Å². The summed E-state index contributed by atoms with van der Waals surface area (Å²) in [7, 11) is -1.02. The summed E-state index contributed by atoms with van der Waals surface area (Å²) in [6.45, 7) is 3.31. The zero-order chi connectivity index (χ0) is 15.9. The van der Waals surface area contributed by atoms with E-state index >= 15 is 0 Å². The number of hydrogen-bond acceptors (Lipinski definition) is 3. The summed E-state index contributed by atoms with van der Waals surface area (Å²) in [6, 6.07) is 6.86. The Morgan fingerprint density at radius 2 is 1.95 bits per heavy atom. The van der Waals surface area contributed by atoms with Crippen LogP contribution in [0.3, 0.4) is 0 Å². The Morgan fingerprint density at radius 3 is 2.59 bits per heavy atom. The van der Waals surface area contributed by atoms with Crippen LogP contribution in [0.25, 0.3) is 0 Å². The predicted octanol–water partition coefficient (Wildman–Crippen LogP) is 2.75. The van der Waals surface area contributed by atoms with Crippen molar-refractivity contribution in [2.24, 2.45) is 5.92 Å². The summed E-state index contributed by atoms with van der Waals surface area (Å²) in [6.07, 6.45) is 6.87. The molecule has 1 saturated carbocycles. The highest BCUT2D eigenvalue weighted by molar-refractivity contribution is 7.84. The molecule has 1 fully saturated rings. The van der Waals surface area contributed by atoms with Gasteiger partial charge in [-0.1, -0.05) is 19.8 Å². The topological polar surface area (TPSA) is 55.4 Å². The second-order valence-corrected chi connectivity index (χ2v) is 7.29. The average molecular weight is 323 g/mol. The molecule has 1 aromatic carbocycles. The van der Waals surface area contributed by atoms with Crippen LogP contribution in [0.4, 0.5) is 0 Å². The first-order chi connectivity index (χ1) is 10.6. The Kier molecular flexibility index (Phi) is 6.58. The molecule has 0 aliphatic heterocycles. The molecule has 2 rings (SSSR count). The SMILES string of the molecule is C[C@@H]1CCCC[C@H]1OCCNC(=O)c1ccc([S@](C)=O)cc1. The first-order valence-electron chi connectivity index (χ1n) is 7.91. The fourth-order valence-electron chi connectivity index (χ4n) is 2.80. The molecule has 0 aromatic heterocycles. The van der Waals surface area contributed by atoms with E-state index in [0.29, 0.717) is 30.7 Å². The minimum atomic E-state index is -1.02. The fourth-order valence-corrected chi connectivity index (χ4v) is 3.32. The maximum Gasteiger partial charge on any atom is 0.251 e. The van der Waals surface area contributed by atoms with Gasteiger partial charge in [-0.25, -0.2) is 0 Å². The van der Waals surface area contributed by atoms with E-state index in [4.69, 9.17) is 4.74 Å². The van der Waals surface area contributed by atoms with Gasteiger partial charge in [0.15, 0.2) is 0 Å². The first kappa shape index (κ1) is 17.2. The first-order valence-corrected chi connectivity index (χ1v) is 9.47. The van der Waals surface area contributed by atoms with Gasteiger partial charge in [-0.2, -0.15) is 0 Å². The van der Waals surface area contributed by atoms with Crippen LogP contribution in [-0.4, -0.2) is 35.6 Å². The van der Waals surface area contributed by atoms with E-state index in [2.05, 4.69) is 12.2 Å². The lowest BCUT2D eigenvalue weighted by Crippen LogP contribution is -2.31. The molecule has 3 atom stereocenters. The predicted molar refractivity (Wildman–Crippen MR) is 88.5 cm³/mol. The lowest BCUT2D eigenvalue weighted by Gasteiger charge is -2.28. The average Bonchev–Trinajstić information content (AvgIpc) is 2.53. The van der Waals surface area contributed by atoms with Gasteiger partial charge in [0.25, 0.3) is 5.91 Å². The number of ether oxygens (including phenoxy) is 1. The van der Waals surface area contributed by atoms with E-state index in [1.54, 1.807) is 30.5 Å². The van der Waals surface area contributed by atoms with E-state index in [1.807, 2.05) is 0 Å². The van der Waals surface area contributed by atoms with Crippen molar-refractivity contribution < 1.29 is 13.7 Å². The standard InChI is InChI=1S/C17H25NO3S/c1-13-5-3-4-6-16(13)21-12-11-18-17(19)14-7-9-15(10-8-14)22(2)20/h7-10,13,16H,3-6,11-12H2,1-2H3,(H,18,19)/t13-,16-,22+/m1/s1. The van der Waals surface area contributed by atoms with Gasteiger partial charge in [0, 0.05) is 34.1 Å². The summed E-state index contributed by atoms with van der Waals surface area (Å²) in [4.78, 5) is 12.7. The van der Waals surface area contributed by atoms with Crippen LogP contribution in [-0.2, 0) is 15.5 Å². The van der Waals surface area contributed by atoms with Crippen molar-refractivity contribution in [1.82, 2.24) is 5.32 Å². The van der Waals surface area contributed by atoms with E-state index < -0.39 is 10.8 Å². The molecule has 1 aliphatic rings. The van der Waals surface area contributed by atoms with Crippen LogP contribution in [0.2, 0.25) is 0 Å². The molecule has 22 heavy (non-hydrogen) atoms. The minimum absolute atomic E-state index is 0.117. The lowest BCUT2D eigenvalue weighted by molar-refractivity contribution is -0.00293. The van der Waals surface area contributed by atoms with Crippen molar-refractivity contribution in [2.75, 3.05) is 19.4 Å². The minimum Gasteiger partial charge on any atom is -0.376 e. The van der Waals surface area contributed by atoms with Crippen molar-refractivity contribution >= 4 is 16.7 Å². The number of amides is 1. The van der Waals surface area contributed by atoms with Crippen LogP contribution < -0.4 is 5.32 Å². The Balaban J connectivity index is 1.72. The third kappa shape index (κ3) is 4.92. The van der Waals surface area contributed by atoms with Crippen LogP contribution in [0.15, 0.2) is 29.2 Å². The van der Waals surface area contributed by atoms with E-state index in [0.717, 1.165) is 11.3 Å². The molecule has 0 radical (unpaired) electrons. The van der Waals surface area contributed by atoms with Gasteiger partial charge >= 0.3 is 0 Å². The molecule has 1 aromatic rings. The number of carbonyl (C=O) groups excluding carboxylic acids is 1. The van der Waals surface area contributed by atoms with Gasteiger partial charge in [-0.3, -0.25) is 9.00 Å². The molecule has 1 aliphatic carbocycles. The van der Waals surface area contributed by atoms with Gasteiger partial charge in [-0.05, 0) is 43.0 Å². The number of rotatable bonds is 6. The molecule has 0 saturated heterocycles. The third-order valence-electron chi connectivity index (χ3n) is 4.20. The quantitative estimate of drug-likeness (QED) is 0.819. The van der Waals surface area contributed by atoms with E-state index in [1.165, 1.54) is 19.3 Å². The van der Waals surface area contributed by atoms with E-state index in [9.17, 15) is 9.00 Å². The fraction of sp³-hybridized carbons (Fsp3) is 0.588. The van der Waals surface area contributed by atoms with Crippen LogP contribution >= 0.6 is 0 Å². The Labute approximate surface area is 135 Å². The molecule has 0 unspecified atom stereocenters. The molecule has 0 spiro atoms. The highest BCUT2D eigenvalue weighted by atomic mass is 32.2. The third-order valence-corrected chi connectivity index (χ3v) is 5.14. The maximum atomic E-state index is 12.0. The Morgan fingerprint density at radius 1 is 1.27 bits per heavy atom. The molecule has 1 amide bonds. The Hall–Kier alpha value is -1.20. The van der Waals surface area contributed by atoms with Crippen molar-refractivity contribution in [3.05, 3.63) is 29.8 Å². The largest absolute Gasteiger partial charge is 0.376 e. The van der Waals surface area contributed by atoms with Crippen molar-refractivity contribution in [2.45, 2.75) is 43.6 Å². The highest BCUT2D eigenvalue weighted by Gasteiger charge is 2.21. The Bertz CT molecular complexity index is 515. The van der Waals surface area contributed by atoms with Crippen LogP contribution in [0.1, 0.15) is 43.0 Å². The molecule has 5 heteroatoms. The molecular formula is C17H25NO3S. The lowest BCUT2D eigenvalue weighted by atomic mass is 9.88. The molecule has 1 N–H and O–H groups in total. The van der Waals surface area contributed by atoms with Gasteiger partial charge in [0.05, 0.1) is 12.7 Å². The normalized spacial score (nSPS) is 23.0. The number of nitrogens with one attached hydrogen (secondary N) is 1. The van der Waals surface area contributed by atoms with Crippen LogP contribution in [0.5, 0.6) is 0 Å². The van der Waals surface area contributed by atoms with Gasteiger partial charge in [0.1, 0.15) is 0 Å². The monoisotopic (exact) mass is 323 g/mol. The summed E-state index contributed by atoms with van der Waals surface area (Å²) < 4.78 is 17.2. The molecular weight excluding hydrogens is 298 g/mol. The van der Waals surface area contributed by atoms with Crippen LogP contribution in [0, 0.1) is 5.92 Å². The summed E-state index contributed by atoms with van der Waals surface area (Å²) in [5.74, 6) is 0.501. The zero-order valence-corrected chi connectivity index (χ0v) is 14.2. The molecule has 4 nitrogen and oxygen atoms in total. The van der Waals surface area contributed by atoms with Crippen molar-refractivity contribution in [3.63, 3.8) is 0 Å². The van der Waals surface area contributed by atoms with Gasteiger partial charge in [-0.15, -0.1) is 0 Å². The molecule has 122 valence electrons. The second-order valence-electron chi connectivity index (χ2n) is 5.91. The smallest absolute Gasteiger partial charge is 0.251 e. The zero-order valence-electron chi connectivity index (χ0n) is 13.3. The number of benzene rings is 1. The molecule has 0 bridgehead atoms. The number of carbonyl (C=O) groups is 1. The second kappa shape index (κ2) is 8.44. The summed E-state index contributed by atoms with van der Waals surface area (Å²) >= 11 is 0. The summed E-state index contributed by atoms with van der Waals surface area (Å²) in [5.41, 5.74) is 0.584.